The number of rotatable bonds is 0. The van der Waals surface area contributed by atoms with E-state index in [1.165, 1.54) is 0 Å². The quantitative estimate of drug-likeness (QED) is 0.461. The molecule has 0 aliphatic heterocycles. The Kier molecular flexibility index (Phi) is 1.56. The number of nitrogens with zero attached hydrogens (tertiary/aromatic N) is 2. The minimum Gasteiger partial charge on any atom is -0.361 e. The molecule has 0 spiro atoms. The molecule has 17 heavy (non-hydrogen) atoms. The molecule has 0 bridgehead atoms. The van der Waals surface area contributed by atoms with Crippen LogP contribution in [0.25, 0.3) is 32.7 Å². The number of benzene rings is 1. The summed E-state index contributed by atoms with van der Waals surface area (Å²) in [4.78, 5) is 12.2. The van der Waals surface area contributed by atoms with E-state index in [4.69, 9.17) is 0 Å². The number of pyridine rings is 2. The van der Waals surface area contributed by atoms with Crippen molar-refractivity contribution in [2.45, 2.75) is 0 Å². The van der Waals surface area contributed by atoms with Crippen LogP contribution >= 0.6 is 0 Å². The SMILES string of the molecule is c1cnc2c(c1)c1ncccc1c1[nH]ccc21. The Hall–Kier alpha value is -2.42. The number of aromatic amines is 1. The second kappa shape index (κ2) is 3.04. The Morgan fingerprint density at radius 3 is 2.18 bits per heavy atom. The van der Waals surface area contributed by atoms with Crippen LogP contribution in [-0.2, 0) is 0 Å². The Morgan fingerprint density at radius 1 is 0.765 bits per heavy atom. The molecule has 3 heteroatoms. The number of hydrogen-bond donors (Lipinski definition) is 1. The predicted octanol–water partition coefficient (Wildman–Crippen LogP) is 3.26. The van der Waals surface area contributed by atoms with Crippen LogP contribution in [0.4, 0.5) is 0 Å². The minimum absolute atomic E-state index is 1.01. The van der Waals surface area contributed by atoms with E-state index < -0.39 is 0 Å². The van der Waals surface area contributed by atoms with Gasteiger partial charge in [-0.3, -0.25) is 9.97 Å². The molecule has 0 unspecified atom stereocenters. The number of hydrogen-bond acceptors (Lipinski definition) is 2. The highest BCUT2D eigenvalue weighted by Crippen LogP contribution is 2.31. The molecule has 0 aliphatic rings. The van der Waals surface area contributed by atoms with Gasteiger partial charge in [-0.1, -0.05) is 0 Å². The van der Waals surface area contributed by atoms with Crippen LogP contribution in [-0.4, -0.2) is 15.0 Å². The van der Waals surface area contributed by atoms with Crippen molar-refractivity contribution < 1.29 is 0 Å². The smallest absolute Gasteiger partial charge is 0.0817 e. The lowest BCUT2D eigenvalue weighted by Gasteiger charge is -2.04. The number of fused-ring (bicyclic) bond motifs is 6. The molecule has 0 fully saturated rings. The van der Waals surface area contributed by atoms with E-state index in [2.05, 4.69) is 33.2 Å². The van der Waals surface area contributed by atoms with Crippen molar-refractivity contribution in [2.75, 3.05) is 0 Å². The molecular formula is C14H9N3. The zero-order valence-corrected chi connectivity index (χ0v) is 9.01. The molecule has 3 heterocycles. The highest BCUT2D eigenvalue weighted by atomic mass is 14.7. The molecule has 0 amide bonds. The molecule has 4 aromatic rings. The molecular weight excluding hydrogens is 210 g/mol. The number of H-pyrrole nitrogens is 1. The molecule has 1 N–H and O–H groups in total. The highest BCUT2D eigenvalue weighted by molar-refractivity contribution is 6.21. The Bertz CT molecular complexity index is 776. The van der Waals surface area contributed by atoms with Gasteiger partial charge >= 0.3 is 0 Å². The van der Waals surface area contributed by atoms with Gasteiger partial charge in [-0.25, -0.2) is 0 Å². The molecule has 0 atom stereocenters. The summed E-state index contributed by atoms with van der Waals surface area (Å²) in [6.45, 7) is 0. The van der Waals surface area contributed by atoms with Crippen LogP contribution in [0.1, 0.15) is 0 Å². The van der Waals surface area contributed by atoms with Gasteiger partial charge in [-0.05, 0) is 30.3 Å². The molecule has 0 radical (unpaired) electrons. The van der Waals surface area contributed by atoms with E-state index in [0.29, 0.717) is 0 Å². The topological polar surface area (TPSA) is 41.6 Å². The molecule has 4 rings (SSSR count). The van der Waals surface area contributed by atoms with Crippen LogP contribution in [0.2, 0.25) is 0 Å². The van der Waals surface area contributed by atoms with Gasteiger partial charge in [0.25, 0.3) is 0 Å². The van der Waals surface area contributed by atoms with E-state index in [0.717, 1.165) is 32.7 Å². The third kappa shape index (κ3) is 1.05. The van der Waals surface area contributed by atoms with Crippen molar-refractivity contribution in [1.82, 2.24) is 15.0 Å². The van der Waals surface area contributed by atoms with Gasteiger partial charge < -0.3 is 4.98 Å². The lowest BCUT2D eigenvalue weighted by Crippen LogP contribution is -1.85. The lowest BCUT2D eigenvalue weighted by atomic mass is 10.1. The van der Waals surface area contributed by atoms with E-state index in [1.807, 2.05) is 30.7 Å². The van der Waals surface area contributed by atoms with Gasteiger partial charge in [-0.15, -0.1) is 0 Å². The highest BCUT2D eigenvalue weighted by Gasteiger charge is 2.09. The Labute approximate surface area is 97.1 Å². The van der Waals surface area contributed by atoms with Crippen LogP contribution in [0.5, 0.6) is 0 Å². The van der Waals surface area contributed by atoms with E-state index >= 15 is 0 Å². The maximum absolute atomic E-state index is 4.48. The number of aromatic nitrogens is 3. The molecule has 80 valence electrons. The van der Waals surface area contributed by atoms with Crippen molar-refractivity contribution in [3.05, 3.63) is 48.9 Å². The lowest BCUT2D eigenvalue weighted by molar-refractivity contribution is 1.40. The first-order valence-electron chi connectivity index (χ1n) is 5.53. The fourth-order valence-electron chi connectivity index (χ4n) is 2.42. The van der Waals surface area contributed by atoms with Crippen molar-refractivity contribution in [1.29, 1.82) is 0 Å². The summed E-state index contributed by atoms with van der Waals surface area (Å²) in [6, 6.07) is 10.1. The van der Waals surface area contributed by atoms with Crippen LogP contribution in [0, 0.1) is 0 Å². The Morgan fingerprint density at radius 2 is 1.41 bits per heavy atom. The standard InChI is InChI=1S/C14H9N3/c1-3-9-12-10(4-2-6-15-12)14-11(5-8-17-14)13(9)16-7-1/h1-8,17H. The zero-order chi connectivity index (χ0) is 11.2. The second-order valence-electron chi connectivity index (χ2n) is 4.07. The summed E-state index contributed by atoms with van der Waals surface area (Å²) in [5.41, 5.74) is 3.12. The molecule has 0 saturated heterocycles. The van der Waals surface area contributed by atoms with Gasteiger partial charge in [0.15, 0.2) is 0 Å². The van der Waals surface area contributed by atoms with E-state index in [9.17, 15) is 0 Å². The Balaban J connectivity index is 2.48. The average Bonchev–Trinajstić information content (AvgIpc) is 2.89. The van der Waals surface area contributed by atoms with Gasteiger partial charge in [0.2, 0.25) is 0 Å². The monoisotopic (exact) mass is 219 g/mol. The van der Waals surface area contributed by atoms with Crippen molar-refractivity contribution in [3.8, 4) is 0 Å². The maximum atomic E-state index is 4.48. The van der Waals surface area contributed by atoms with Crippen LogP contribution in [0.3, 0.4) is 0 Å². The first-order chi connectivity index (χ1) is 8.45. The van der Waals surface area contributed by atoms with E-state index in [1.54, 1.807) is 0 Å². The zero-order valence-electron chi connectivity index (χ0n) is 9.01. The van der Waals surface area contributed by atoms with Crippen molar-refractivity contribution in [2.24, 2.45) is 0 Å². The summed E-state index contributed by atoms with van der Waals surface area (Å²) in [5, 5.41) is 3.41. The van der Waals surface area contributed by atoms with Gasteiger partial charge in [-0.2, -0.15) is 0 Å². The van der Waals surface area contributed by atoms with Gasteiger partial charge in [0.1, 0.15) is 0 Å². The predicted molar refractivity (Wildman–Crippen MR) is 68.9 cm³/mol. The summed E-state index contributed by atoms with van der Waals surface area (Å²) in [7, 11) is 0. The average molecular weight is 219 g/mol. The fraction of sp³-hybridized carbons (Fsp3) is 0. The van der Waals surface area contributed by atoms with Crippen molar-refractivity contribution in [3.63, 3.8) is 0 Å². The summed E-state index contributed by atoms with van der Waals surface area (Å²) in [6.07, 6.45) is 5.60. The second-order valence-corrected chi connectivity index (χ2v) is 4.07. The first kappa shape index (κ1) is 8.70. The molecule has 1 aromatic carbocycles. The molecule has 0 saturated carbocycles. The van der Waals surface area contributed by atoms with Crippen molar-refractivity contribution >= 4 is 32.7 Å². The summed E-state index contributed by atoms with van der Waals surface area (Å²) < 4.78 is 0. The number of nitrogens with one attached hydrogen (secondary N) is 1. The summed E-state index contributed by atoms with van der Waals surface area (Å²) >= 11 is 0. The minimum atomic E-state index is 1.01. The third-order valence-electron chi connectivity index (χ3n) is 3.14. The molecule has 3 nitrogen and oxygen atoms in total. The van der Waals surface area contributed by atoms with Crippen LogP contribution in [0.15, 0.2) is 48.9 Å². The normalized spacial score (nSPS) is 11.5. The van der Waals surface area contributed by atoms with E-state index in [-0.39, 0.29) is 0 Å². The van der Waals surface area contributed by atoms with Crippen LogP contribution < -0.4 is 0 Å². The maximum Gasteiger partial charge on any atom is 0.0817 e. The first-order valence-corrected chi connectivity index (χ1v) is 5.53. The van der Waals surface area contributed by atoms with Gasteiger partial charge in [0, 0.05) is 34.7 Å². The molecule has 3 aromatic heterocycles. The molecule has 0 aliphatic carbocycles. The summed E-state index contributed by atoms with van der Waals surface area (Å²) in [5.74, 6) is 0. The van der Waals surface area contributed by atoms with Gasteiger partial charge in [0.05, 0.1) is 16.6 Å². The third-order valence-corrected chi connectivity index (χ3v) is 3.14. The largest absolute Gasteiger partial charge is 0.361 e. The fourth-order valence-corrected chi connectivity index (χ4v) is 2.42.